The Morgan fingerprint density at radius 2 is 2.30 bits per heavy atom. The molecule has 2 aromatic rings. The van der Waals surface area contributed by atoms with E-state index in [2.05, 4.69) is 17.2 Å². The smallest absolute Gasteiger partial charge is 0.265 e. The molecule has 0 spiro atoms. The lowest BCUT2D eigenvalue weighted by atomic mass is 10.2. The van der Waals surface area contributed by atoms with Crippen LogP contribution in [0.25, 0.3) is 5.65 Å². The number of hydroxylamine groups is 1. The van der Waals surface area contributed by atoms with Gasteiger partial charge in [-0.1, -0.05) is 24.9 Å². The van der Waals surface area contributed by atoms with Crippen LogP contribution >= 0.6 is 11.6 Å². The highest BCUT2D eigenvalue weighted by atomic mass is 35.5. The summed E-state index contributed by atoms with van der Waals surface area (Å²) in [5, 5.41) is 12.3. The van der Waals surface area contributed by atoms with Gasteiger partial charge in [0.25, 0.3) is 5.91 Å². The number of nitrogens with zero attached hydrogens (tertiary/aromatic N) is 2. The van der Waals surface area contributed by atoms with Crippen LogP contribution < -0.4 is 10.8 Å². The van der Waals surface area contributed by atoms with E-state index in [0.29, 0.717) is 5.02 Å². The fourth-order valence-corrected chi connectivity index (χ4v) is 2.16. The fourth-order valence-electron chi connectivity index (χ4n) is 2.00. The van der Waals surface area contributed by atoms with Crippen molar-refractivity contribution >= 4 is 29.0 Å². The molecule has 0 saturated carbocycles. The number of fused-ring (bicyclic) bond motifs is 1. The van der Waals surface area contributed by atoms with E-state index in [1.165, 1.54) is 0 Å². The molecule has 2 aromatic heterocycles. The number of pyridine rings is 1. The summed E-state index contributed by atoms with van der Waals surface area (Å²) in [5.41, 5.74) is 3.26. The van der Waals surface area contributed by atoms with Crippen molar-refractivity contribution in [3.8, 4) is 0 Å². The molecule has 1 amide bonds. The molecule has 0 radical (unpaired) electrons. The number of nitrogens with one attached hydrogen (secondary N) is 2. The number of halogens is 1. The van der Waals surface area contributed by atoms with Gasteiger partial charge in [-0.25, -0.2) is 10.5 Å². The largest absolute Gasteiger partial charge is 0.358 e. The highest BCUT2D eigenvalue weighted by Gasteiger charge is 2.17. The van der Waals surface area contributed by atoms with Crippen molar-refractivity contribution in [1.82, 2.24) is 14.9 Å². The van der Waals surface area contributed by atoms with Crippen LogP contribution in [-0.4, -0.2) is 26.5 Å². The topological polar surface area (TPSA) is 78.7 Å². The number of imidazole rings is 1. The SMILES string of the molecule is CCCc1nc2ccc(Cl)cn2c1NC(C)C(=O)NO. The normalized spacial score (nSPS) is 12.4. The minimum atomic E-state index is -0.588. The predicted octanol–water partition coefficient (Wildman–Crippen LogP) is 2.25. The molecule has 0 aliphatic carbocycles. The van der Waals surface area contributed by atoms with Crippen LogP contribution in [0.2, 0.25) is 5.02 Å². The second kappa shape index (κ2) is 6.11. The first-order valence-electron chi connectivity index (χ1n) is 6.43. The van der Waals surface area contributed by atoms with Crippen molar-refractivity contribution < 1.29 is 10.0 Å². The lowest BCUT2D eigenvalue weighted by Crippen LogP contribution is -2.36. The standard InChI is InChI=1S/C13H17ClN4O2/c1-3-4-10-12(15-8(2)13(19)17-20)18-7-9(14)5-6-11(18)16-10/h5-8,15,20H,3-4H2,1-2H3,(H,17,19). The van der Waals surface area contributed by atoms with E-state index in [-0.39, 0.29) is 0 Å². The van der Waals surface area contributed by atoms with Crippen molar-refractivity contribution in [3.05, 3.63) is 29.0 Å². The molecule has 2 heterocycles. The Labute approximate surface area is 121 Å². The van der Waals surface area contributed by atoms with Crippen molar-refractivity contribution in [3.63, 3.8) is 0 Å². The van der Waals surface area contributed by atoms with Gasteiger partial charge in [0.2, 0.25) is 0 Å². The molecule has 108 valence electrons. The van der Waals surface area contributed by atoms with E-state index in [1.54, 1.807) is 24.7 Å². The lowest BCUT2D eigenvalue weighted by molar-refractivity contribution is -0.129. The molecule has 1 unspecified atom stereocenters. The summed E-state index contributed by atoms with van der Waals surface area (Å²) in [5.74, 6) is 0.213. The number of anilines is 1. The first-order chi connectivity index (χ1) is 9.56. The van der Waals surface area contributed by atoms with Crippen molar-refractivity contribution in [2.45, 2.75) is 32.7 Å². The Hall–Kier alpha value is -1.79. The average Bonchev–Trinajstić information content (AvgIpc) is 2.76. The van der Waals surface area contributed by atoms with Crippen molar-refractivity contribution in [2.75, 3.05) is 5.32 Å². The monoisotopic (exact) mass is 296 g/mol. The molecule has 0 bridgehead atoms. The zero-order chi connectivity index (χ0) is 14.7. The van der Waals surface area contributed by atoms with Gasteiger partial charge in [0.05, 0.1) is 10.7 Å². The number of carbonyl (C=O) groups excluding carboxylic acids is 1. The summed E-state index contributed by atoms with van der Waals surface area (Å²) >= 11 is 6.01. The number of amides is 1. The maximum Gasteiger partial charge on any atom is 0.265 e. The molecular formula is C13H17ClN4O2. The summed E-state index contributed by atoms with van der Waals surface area (Å²) in [7, 11) is 0. The van der Waals surface area contributed by atoms with E-state index >= 15 is 0 Å². The zero-order valence-corrected chi connectivity index (χ0v) is 12.1. The molecule has 20 heavy (non-hydrogen) atoms. The highest BCUT2D eigenvalue weighted by Crippen LogP contribution is 2.22. The number of hydrogen-bond donors (Lipinski definition) is 3. The molecule has 2 rings (SSSR count). The van der Waals surface area contributed by atoms with Crippen LogP contribution in [0.15, 0.2) is 18.3 Å². The number of aromatic nitrogens is 2. The minimum absolute atomic E-state index is 0.510. The zero-order valence-electron chi connectivity index (χ0n) is 11.4. The van der Waals surface area contributed by atoms with Crippen molar-refractivity contribution in [1.29, 1.82) is 0 Å². The Bertz CT molecular complexity index is 626. The van der Waals surface area contributed by atoms with E-state index in [0.717, 1.165) is 30.0 Å². The van der Waals surface area contributed by atoms with E-state index < -0.39 is 11.9 Å². The third-order valence-electron chi connectivity index (χ3n) is 3.00. The second-order valence-electron chi connectivity index (χ2n) is 4.57. The maximum absolute atomic E-state index is 11.4. The molecule has 0 aromatic carbocycles. The average molecular weight is 297 g/mol. The number of rotatable bonds is 5. The van der Waals surface area contributed by atoms with E-state index in [9.17, 15) is 4.79 Å². The molecular weight excluding hydrogens is 280 g/mol. The van der Waals surface area contributed by atoms with Gasteiger partial charge in [0, 0.05) is 6.20 Å². The Kier molecular flexibility index (Phi) is 4.46. The van der Waals surface area contributed by atoms with Crippen LogP contribution in [0.3, 0.4) is 0 Å². The first-order valence-corrected chi connectivity index (χ1v) is 6.81. The summed E-state index contributed by atoms with van der Waals surface area (Å²) in [4.78, 5) is 16.0. The van der Waals surface area contributed by atoms with Crippen LogP contribution in [0.1, 0.15) is 26.0 Å². The summed E-state index contributed by atoms with van der Waals surface area (Å²) < 4.78 is 1.81. The fraction of sp³-hybridized carbons (Fsp3) is 0.385. The predicted molar refractivity (Wildman–Crippen MR) is 77.2 cm³/mol. The highest BCUT2D eigenvalue weighted by molar-refractivity contribution is 6.30. The summed E-state index contributed by atoms with van der Waals surface area (Å²) in [6, 6.07) is 3.01. The quantitative estimate of drug-likeness (QED) is 0.584. The maximum atomic E-state index is 11.4. The van der Waals surface area contributed by atoms with Gasteiger partial charge in [0.1, 0.15) is 17.5 Å². The molecule has 7 heteroatoms. The Balaban J connectivity index is 2.44. The molecule has 0 saturated heterocycles. The van der Waals surface area contributed by atoms with Gasteiger partial charge in [0.15, 0.2) is 0 Å². The third kappa shape index (κ3) is 2.86. The van der Waals surface area contributed by atoms with Gasteiger partial charge < -0.3 is 5.32 Å². The van der Waals surface area contributed by atoms with Crippen LogP contribution in [0.4, 0.5) is 5.82 Å². The number of hydrogen-bond acceptors (Lipinski definition) is 4. The molecule has 0 fully saturated rings. The van der Waals surface area contributed by atoms with E-state index in [1.807, 2.05) is 10.5 Å². The Morgan fingerprint density at radius 1 is 1.55 bits per heavy atom. The van der Waals surface area contributed by atoms with Crippen LogP contribution in [-0.2, 0) is 11.2 Å². The molecule has 1 atom stereocenters. The minimum Gasteiger partial charge on any atom is -0.358 e. The van der Waals surface area contributed by atoms with Gasteiger partial charge in [-0.05, 0) is 25.5 Å². The Morgan fingerprint density at radius 3 is 2.95 bits per heavy atom. The first kappa shape index (κ1) is 14.6. The molecule has 6 nitrogen and oxygen atoms in total. The van der Waals surface area contributed by atoms with Gasteiger partial charge in [-0.3, -0.25) is 14.4 Å². The van der Waals surface area contributed by atoms with Crippen LogP contribution in [0.5, 0.6) is 0 Å². The lowest BCUT2D eigenvalue weighted by Gasteiger charge is -2.14. The van der Waals surface area contributed by atoms with Crippen molar-refractivity contribution in [2.24, 2.45) is 0 Å². The number of carbonyl (C=O) groups is 1. The number of aryl methyl sites for hydroxylation is 1. The van der Waals surface area contributed by atoms with Gasteiger partial charge in [-0.2, -0.15) is 0 Å². The summed E-state index contributed by atoms with van der Waals surface area (Å²) in [6.07, 6.45) is 3.47. The summed E-state index contributed by atoms with van der Waals surface area (Å²) in [6.45, 7) is 3.72. The van der Waals surface area contributed by atoms with Gasteiger partial charge in [-0.15, -0.1) is 0 Å². The third-order valence-corrected chi connectivity index (χ3v) is 3.22. The van der Waals surface area contributed by atoms with Crippen LogP contribution in [0, 0.1) is 0 Å². The molecule has 3 N–H and O–H groups in total. The molecule has 0 aliphatic rings. The second-order valence-corrected chi connectivity index (χ2v) is 5.01. The molecule has 0 aliphatic heterocycles. The van der Waals surface area contributed by atoms with E-state index in [4.69, 9.17) is 16.8 Å². The van der Waals surface area contributed by atoms with Gasteiger partial charge >= 0.3 is 0 Å².